The minimum atomic E-state index is -0.0773. The Bertz CT molecular complexity index is 674. The van der Waals surface area contributed by atoms with Crippen molar-refractivity contribution in [1.29, 1.82) is 0 Å². The highest BCUT2D eigenvalue weighted by molar-refractivity contribution is 5.57. The van der Waals surface area contributed by atoms with Crippen molar-refractivity contribution in [2.24, 2.45) is 0 Å². The molecule has 0 aliphatic carbocycles. The smallest absolute Gasteiger partial charge is 0.268 e. The van der Waals surface area contributed by atoms with Gasteiger partial charge >= 0.3 is 0 Å². The van der Waals surface area contributed by atoms with Crippen LogP contribution in [0.15, 0.2) is 47.3 Å². The molecular formula is C17H21N3O2. The summed E-state index contributed by atoms with van der Waals surface area (Å²) >= 11 is 0. The Balaban J connectivity index is 1.83. The van der Waals surface area contributed by atoms with Crippen LogP contribution in [0.2, 0.25) is 0 Å². The van der Waals surface area contributed by atoms with Crippen LogP contribution in [0.4, 0.5) is 0 Å². The fourth-order valence-electron chi connectivity index (χ4n) is 2.90. The van der Waals surface area contributed by atoms with Gasteiger partial charge in [0.2, 0.25) is 0 Å². The first kappa shape index (κ1) is 14.9. The second-order valence-corrected chi connectivity index (χ2v) is 5.86. The summed E-state index contributed by atoms with van der Waals surface area (Å²) in [6.07, 6.45) is 0.355. The van der Waals surface area contributed by atoms with Gasteiger partial charge in [-0.25, -0.2) is 4.68 Å². The van der Waals surface area contributed by atoms with E-state index in [0.717, 1.165) is 24.3 Å². The molecule has 1 aromatic heterocycles. The van der Waals surface area contributed by atoms with Crippen LogP contribution in [0.5, 0.6) is 0 Å². The monoisotopic (exact) mass is 299 g/mol. The van der Waals surface area contributed by atoms with E-state index in [1.165, 1.54) is 4.68 Å². The molecule has 2 aromatic rings. The van der Waals surface area contributed by atoms with E-state index in [9.17, 15) is 4.79 Å². The molecule has 0 spiro atoms. The van der Waals surface area contributed by atoms with E-state index in [2.05, 4.69) is 23.8 Å². The third-order valence-corrected chi connectivity index (χ3v) is 3.77. The summed E-state index contributed by atoms with van der Waals surface area (Å²) in [6, 6.07) is 13.3. The third-order valence-electron chi connectivity index (χ3n) is 3.77. The van der Waals surface area contributed by atoms with E-state index in [1.54, 1.807) is 12.1 Å². The van der Waals surface area contributed by atoms with Crippen LogP contribution in [0.25, 0.3) is 11.3 Å². The van der Waals surface area contributed by atoms with Crippen molar-refractivity contribution in [1.82, 2.24) is 14.7 Å². The lowest BCUT2D eigenvalue weighted by atomic mass is 10.1. The maximum absolute atomic E-state index is 12.1. The number of nitrogens with zero attached hydrogens (tertiary/aromatic N) is 3. The van der Waals surface area contributed by atoms with Crippen molar-refractivity contribution in [3.8, 4) is 11.3 Å². The number of ether oxygens (including phenoxy) is 1. The van der Waals surface area contributed by atoms with Crippen LogP contribution in [0.1, 0.15) is 13.8 Å². The zero-order chi connectivity index (χ0) is 15.5. The summed E-state index contributed by atoms with van der Waals surface area (Å²) in [5, 5.41) is 4.51. The summed E-state index contributed by atoms with van der Waals surface area (Å²) < 4.78 is 7.26. The number of aromatic nitrogens is 2. The fraction of sp³-hybridized carbons (Fsp3) is 0.412. The number of morpholine rings is 1. The highest BCUT2D eigenvalue weighted by Gasteiger charge is 2.22. The van der Waals surface area contributed by atoms with E-state index in [4.69, 9.17) is 4.74 Å². The summed E-state index contributed by atoms with van der Waals surface area (Å²) in [5.74, 6) is 0. The van der Waals surface area contributed by atoms with E-state index >= 15 is 0 Å². The van der Waals surface area contributed by atoms with Crippen molar-refractivity contribution in [2.75, 3.05) is 13.1 Å². The molecule has 22 heavy (non-hydrogen) atoms. The van der Waals surface area contributed by atoms with Gasteiger partial charge in [-0.2, -0.15) is 5.10 Å². The number of rotatable bonds is 3. The van der Waals surface area contributed by atoms with Gasteiger partial charge in [0, 0.05) is 24.7 Å². The van der Waals surface area contributed by atoms with Gasteiger partial charge in [0.1, 0.15) is 0 Å². The molecule has 2 heterocycles. The van der Waals surface area contributed by atoms with Gasteiger partial charge in [0.05, 0.1) is 24.6 Å². The van der Waals surface area contributed by atoms with Gasteiger partial charge in [0.15, 0.2) is 0 Å². The average molecular weight is 299 g/mol. The first-order valence-electron chi connectivity index (χ1n) is 7.63. The molecule has 1 aliphatic heterocycles. The normalized spacial score (nSPS) is 22.6. The van der Waals surface area contributed by atoms with Crippen LogP contribution in [-0.2, 0) is 11.4 Å². The zero-order valence-electron chi connectivity index (χ0n) is 13.0. The Morgan fingerprint density at radius 1 is 1.09 bits per heavy atom. The summed E-state index contributed by atoms with van der Waals surface area (Å²) in [7, 11) is 0. The molecule has 1 aliphatic rings. The van der Waals surface area contributed by atoms with E-state index in [1.807, 2.05) is 30.3 Å². The second-order valence-electron chi connectivity index (χ2n) is 5.86. The largest absolute Gasteiger partial charge is 0.373 e. The third kappa shape index (κ3) is 3.43. The van der Waals surface area contributed by atoms with E-state index in [0.29, 0.717) is 6.67 Å². The van der Waals surface area contributed by atoms with Crippen molar-refractivity contribution in [3.63, 3.8) is 0 Å². The highest BCUT2D eigenvalue weighted by Crippen LogP contribution is 2.15. The molecule has 0 bridgehead atoms. The highest BCUT2D eigenvalue weighted by atomic mass is 16.5. The standard InChI is InChI=1S/C17H21N3O2/c1-13-10-19(11-14(2)22-13)12-20-17(21)9-8-16(18-20)15-6-4-3-5-7-15/h3-9,13-14H,10-12H2,1-2H3/t13-,14-/m1/s1. The van der Waals surface area contributed by atoms with Crippen molar-refractivity contribution >= 4 is 0 Å². The summed E-state index contributed by atoms with van der Waals surface area (Å²) in [6.45, 7) is 6.23. The van der Waals surface area contributed by atoms with Crippen LogP contribution < -0.4 is 5.56 Å². The summed E-state index contributed by atoms with van der Waals surface area (Å²) in [5.41, 5.74) is 1.75. The first-order valence-corrected chi connectivity index (χ1v) is 7.63. The number of hydrogen-bond donors (Lipinski definition) is 0. The SMILES string of the molecule is C[C@@H]1CN(Cn2nc(-c3ccccc3)ccc2=O)C[C@@H](C)O1. The van der Waals surface area contributed by atoms with Crippen molar-refractivity contribution in [3.05, 3.63) is 52.8 Å². The van der Waals surface area contributed by atoms with Crippen LogP contribution >= 0.6 is 0 Å². The maximum atomic E-state index is 12.1. The topological polar surface area (TPSA) is 47.4 Å². The predicted molar refractivity (Wildman–Crippen MR) is 85.5 cm³/mol. The molecular weight excluding hydrogens is 278 g/mol. The lowest BCUT2D eigenvalue weighted by molar-refractivity contribution is -0.0779. The number of benzene rings is 1. The van der Waals surface area contributed by atoms with Gasteiger partial charge in [-0.1, -0.05) is 30.3 Å². The molecule has 3 rings (SSSR count). The Kier molecular flexibility index (Phi) is 4.36. The Hall–Kier alpha value is -1.98. The zero-order valence-corrected chi connectivity index (χ0v) is 13.0. The quantitative estimate of drug-likeness (QED) is 0.869. The minimum absolute atomic E-state index is 0.0773. The van der Waals surface area contributed by atoms with Gasteiger partial charge in [0.25, 0.3) is 5.56 Å². The second kappa shape index (κ2) is 6.42. The molecule has 0 N–H and O–H groups in total. The molecule has 116 valence electrons. The Morgan fingerprint density at radius 3 is 2.45 bits per heavy atom. The van der Waals surface area contributed by atoms with E-state index < -0.39 is 0 Å². The fourth-order valence-corrected chi connectivity index (χ4v) is 2.90. The van der Waals surface area contributed by atoms with Crippen LogP contribution in [0, 0.1) is 0 Å². The number of hydrogen-bond acceptors (Lipinski definition) is 4. The molecule has 0 amide bonds. The lowest BCUT2D eigenvalue weighted by Crippen LogP contribution is -2.47. The minimum Gasteiger partial charge on any atom is -0.373 e. The van der Waals surface area contributed by atoms with E-state index in [-0.39, 0.29) is 17.8 Å². The first-order chi connectivity index (χ1) is 10.6. The van der Waals surface area contributed by atoms with Crippen molar-refractivity contribution in [2.45, 2.75) is 32.7 Å². The van der Waals surface area contributed by atoms with Crippen LogP contribution in [-0.4, -0.2) is 40.0 Å². The maximum Gasteiger partial charge on any atom is 0.268 e. The molecule has 2 atom stereocenters. The molecule has 5 heteroatoms. The van der Waals surface area contributed by atoms with Crippen molar-refractivity contribution < 1.29 is 4.74 Å². The molecule has 5 nitrogen and oxygen atoms in total. The van der Waals surface area contributed by atoms with Gasteiger partial charge in [-0.05, 0) is 19.9 Å². The molecule has 0 unspecified atom stereocenters. The van der Waals surface area contributed by atoms with Gasteiger partial charge in [-0.15, -0.1) is 0 Å². The molecule has 1 saturated heterocycles. The molecule has 0 saturated carbocycles. The molecule has 0 radical (unpaired) electrons. The van der Waals surface area contributed by atoms with Gasteiger partial charge in [-0.3, -0.25) is 9.69 Å². The summed E-state index contributed by atoms with van der Waals surface area (Å²) in [4.78, 5) is 14.3. The molecule has 1 aromatic carbocycles. The Morgan fingerprint density at radius 2 is 1.77 bits per heavy atom. The van der Waals surface area contributed by atoms with Gasteiger partial charge < -0.3 is 4.74 Å². The Labute approximate surface area is 130 Å². The molecule has 1 fully saturated rings. The predicted octanol–water partition coefficient (Wildman–Crippen LogP) is 1.98. The lowest BCUT2D eigenvalue weighted by Gasteiger charge is -2.35. The van der Waals surface area contributed by atoms with Crippen LogP contribution in [0.3, 0.4) is 0 Å². The average Bonchev–Trinajstić information content (AvgIpc) is 2.49.